The lowest BCUT2D eigenvalue weighted by molar-refractivity contribution is -0.126. The second-order valence-corrected chi connectivity index (χ2v) is 13.5. The van der Waals surface area contributed by atoms with Gasteiger partial charge in [-0.2, -0.15) is 4.39 Å². The topological polar surface area (TPSA) is 122 Å². The summed E-state index contributed by atoms with van der Waals surface area (Å²) in [6.07, 6.45) is 0. The van der Waals surface area contributed by atoms with Crippen LogP contribution in [0, 0.1) is 5.13 Å². The number of aromatic hydroxyl groups is 1. The lowest BCUT2D eigenvalue weighted by Gasteiger charge is -2.28. The van der Waals surface area contributed by atoms with Crippen molar-refractivity contribution >= 4 is 56.1 Å². The van der Waals surface area contributed by atoms with Crippen molar-refractivity contribution in [1.82, 2.24) is 0 Å². The van der Waals surface area contributed by atoms with E-state index in [0.717, 1.165) is 0 Å². The van der Waals surface area contributed by atoms with Crippen LogP contribution in [0.25, 0.3) is 22.3 Å². The summed E-state index contributed by atoms with van der Waals surface area (Å²) in [5.74, 6) is -3.38. The third kappa shape index (κ3) is 5.54. The molecule has 260 valence electrons. The van der Waals surface area contributed by atoms with Gasteiger partial charge >= 0.3 is 0 Å². The zero-order valence-electron chi connectivity index (χ0n) is 26.9. The van der Waals surface area contributed by atoms with Crippen molar-refractivity contribution in [3.63, 3.8) is 0 Å². The Morgan fingerprint density at radius 2 is 1.13 bits per heavy atom. The van der Waals surface area contributed by atoms with Gasteiger partial charge in [0.15, 0.2) is 5.13 Å². The van der Waals surface area contributed by atoms with Crippen molar-refractivity contribution in [2.75, 3.05) is 17.7 Å². The molecule has 2 aliphatic rings. The van der Waals surface area contributed by atoms with Gasteiger partial charge in [0.25, 0.3) is 23.2 Å². The minimum Gasteiger partial charge on any atom is -0.508 e. The second kappa shape index (κ2) is 13.2. The lowest BCUT2D eigenvalue weighted by Crippen LogP contribution is -2.47. The van der Waals surface area contributed by atoms with Crippen LogP contribution >= 0.6 is 22.7 Å². The summed E-state index contributed by atoms with van der Waals surface area (Å²) in [7, 11) is 1.50. The highest BCUT2D eigenvalue weighted by atomic mass is 32.1. The molecule has 0 saturated heterocycles. The fraction of sp³-hybridized carbons (Fsp3) is 0.0769. The number of methoxy groups -OCH3 is 1. The molecule has 2 aliphatic heterocycles. The number of alkyl halides is 2. The van der Waals surface area contributed by atoms with Crippen LogP contribution in [0.5, 0.6) is 11.5 Å². The van der Waals surface area contributed by atoms with E-state index in [9.17, 15) is 28.7 Å². The van der Waals surface area contributed by atoms with E-state index < -0.39 is 39.8 Å². The number of amides is 2. The molecule has 3 N–H and O–H groups in total. The SMILES string of the molecule is COc1ccc(-c2c(F)sc3c2C(=O)C(F)(c2ccccc2)C(=O)N3)cc1.O=C1Nc2scc(-c3ccc(O)cc3)c2C(=O)C1(F)c1ccccc1. The van der Waals surface area contributed by atoms with Crippen molar-refractivity contribution in [2.45, 2.75) is 11.3 Å². The van der Waals surface area contributed by atoms with Crippen LogP contribution in [0.1, 0.15) is 31.8 Å². The largest absolute Gasteiger partial charge is 0.508 e. The van der Waals surface area contributed by atoms with Crippen LogP contribution in [-0.4, -0.2) is 35.6 Å². The zero-order valence-corrected chi connectivity index (χ0v) is 28.5. The number of thiophene rings is 2. The first-order valence-electron chi connectivity index (χ1n) is 15.6. The Hall–Kier alpha value is -6.05. The number of hydrogen-bond donors (Lipinski definition) is 3. The molecule has 4 heterocycles. The number of phenols is 1. The van der Waals surface area contributed by atoms with E-state index >= 15 is 8.78 Å². The molecular weight excluding hydrogens is 714 g/mol. The molecule has 2 atom stereocenters. The molecule has 2 amide bonds. The lowest BCUT2D eigenvalue weighted by atomic mass is 9.83. The zero-order chi connectivity index (χ0) is 36.8. The smallest absolute Gasteiger partial charge is 0.275 e. The van der Waals surface area contributed by atoms with Crippen molar-refractivity contribution < 1.29 is 42.2 Å². The van der Waals surface area contributed by atoms with E-state index in [1.165, 1.54) is 67.0 Å². The first-order valence-corrected chi connectivity index (χ1v) is 17.3. The van der Waals surface area contributed by atoms with Crippen molar-refractivity contribution in [3.8, 4) is 33.8 Å². The van der Waals surface area contributed by atoms with Crippen LogP contribution in [0.2, 0.25) is 0 Å². The van der Waals surface area contributed by atoms with Gasteiger partial charge in [-0.15, -0.1) is 11.3 Å². The molecule has 0 bridgehead atoms. The average Bonchev–Trinajstić information content (AvgIpc) is 3.74. The molecule has 2 unspecified atom stereocenters. The number of rotatable bonds is 5. The molecule has 0 radical (unpaired) electrons. The summed E-state index contributed by atoms with van der Waals surface area (Å²) in [6.45, 7) is 0. The molecule has 0 fully saturated rings. The average molecular weight is 739 g/mol. The number of carbonyl (C=O) groups is 4. The number of halogens is 3. The standard InChI is InChI=1S/C20H13F2NO3S.C19H12FNO3S/c1-26-13-9-7-11(8-10-13)14-15-16(24)20(22,12-5-3-2-4-6-12)19(25)23-18(15)27-17(14)21;20-19(12-4-2-1-3-5-12)16(23)15-14(10-25-17(15)21-18(19)24)11-6-8-13(22)9-7-11/h2-10H,1H3,(H,23,25);1-10,22H,(H,21,24). The number of anilines is 2. The molecule has 0 aliphatic carbocycles. The second-order valence-electron chi connectivity index (χ2n) is 11.7. The molecule has 4 aromatic carbocycles. The summed E-state index contributed by atoms with van der Waals surface area (Å²) in [4.78, 5) is 50.8. The maximum atomic E-state index is 15.7. The normalized spacial score (nSPS) is 19.1. The van der Waals surface area contributed by atoms with E-state index in [0.29, 0.717) is 38.8 Å². The predicted molar refractivity (Wildman–Crippen MR) is 192 cm³/mol. The van der Waals surface area contributed by atoms with Crippen LogP contribution in [0.15, 0.2) is 115 Å². The highest BCUT2D eigenvalue weighted by Gasteiger charge is 2.55. The Labute approximate surface area is 302 Å². The van der Waals surface area contributed by atoms with E-state index in [1.54, 1.807) is 66.0 Å². The van der Waals surface area contributed by atoms with Gasteiger partial charge in [-0.05, 0) is 35.4 Å². The van der Waals surface area contributed by atoms with Crippen molar-refractivity contribution in [1.29, 1.82) is 0 Å². The molecule has 8 nitrogen and oxygen atoms in total. The van der Waals surface area contributed by atoms with E-state index in [-0.39, 0.29) is 38.6 Å². The van der Waals surface area contributed by atoms with Crippen LogP contribution < -0.4 is 15.4 Å². The van der Waals surface area contributed by atoms with E-state index in [1.807, 2.05) is 0 Å². The number of ketones is 2. The Kier molecular flexibility index (Phi) is 8.77. The summed E-state index contributed by atoms with van der Waals surface area (Å²) in [5, 5.41) is 15.7. The van der Waals surface area contributed by atoms with Gasteiger partial charge in [-0.1, -0.05) is 96.3 Å². The predicted octanol–water partition coefficient (Wildman–Crippen LogP) is 8.68. The quantitative estimate of drug-likeness (QED) is 0.152. The molecule has 0 spiro atoms. The van der Waals surface area contributed by atoms with E-state index in [4.69, 9.17) is 4.74 Å². The van der Waals surface area contributed by atoms with Gasteiger partial charge in [0.1, 0.15) is 21.5 Å². The number of carbonyl (C=O) groups excluding carboxylic acids is 4. The van der Waals surface area contributed by atoms with Gasteiger partial charge in [-0.25, -0.2) is 8.78 Å². The maximum Gasteiger partial charge on any atom is 0.275 e. The van der Waals surface area contributed by atoms with Crippen LogP contribution in [0.4, 0.5) is 23.2 Å². The van der Waals surface area contributed by atoms with Gasteiger partial charge in [-0.3, -0.25) is 19.2 Å². The number of hydrogen-bond acceptors (Lipinski definition) is 8. The Morgan fingerprint density at radius 1 is 0.635 bits per heavy atom. The van der Waals surface area contributed by atoms with Gasteiger partial charge in [0.05, 0.1) is 18.2 Å². The van der Waals surface area contributed by atoms with Gasteiger partial charge in [0, 0.05) is 27.6 Å². The van der Waals surface area contributed by atoms with Gasteiger partial charge in [0.2, 0.25) is 11.6 Å². The minimum atomic E-state index is -2.91. The molecule has 52 heavy (non-hydrogen) atoms. The van der Waals surface area contributed by atoms with Crippen LogP contribution in [-0.2, 0) is 20.9 Å². The third-order valence-corrected chi connectivity index (χ3v) is 10.5. The highest BCUT2D eigenvalue weighted by molar-refractivity contribution is 7.16. The number of fused-ring (bicyclic) bond motifs is 2. The minimum absolute atomic E-state index is 0.00556. The Balaban J connectivity index is 0.000000162. The number of benzene rings is 4. The number of ether oxygens (including phenoxy) is 1. The molecule has 13 heteroatoms. The first-order chi connectivity index (χ1) is 25.0. The maximum absolute atomic E-state index is 15.7. The number of phenolic OH excluding ortho intramolecular Hbond substituents is 1. The third-order valence-electron chi connectivity index (χ3n) is 8.72. The summed E-state index contributed by atoms with van der Waals surface area (Å²) < 4.78 is 51.0. The monoisotopic (exact) mass is 738 g/mol. The fourth-order valence-corrected chi connectivity index (χ4v) is 7.95. The van der Waals surface area contributed by atoms with Crippen molar-refractivity contribution in [2.24, 2.45) is 0 Å². The van der Waals surface area contributed by atoms with E-state index in [2.05, 4.69) is 10.6 Å². The summed E-state index contributed by atoms with van der Waals surface area (Å²) in [6, 6.07) is 27.8. The molecule has 2 aromatic heterocycles. The van der Waals surface area contributed by atoms with Crippen LogP contribution in [0.3, 0.4) is 0 Å². The molecule has 0 saturated carbocycles. The highest BCUT2D eigenvalue weighted by Crippen LogP contribution is 2.48. The number of nitrogens with one attached hydrogen (secondary N) is 2. The fourth-order valence-electron chi connectivity index (χ4n) is 6.04. The first kappa shape index (κ1) is 34.4. The Morgan fingerprint density at radius 3 is 1.67 bits per heavy atom. The van der Waals surface area contributed by atoms with Gasteiger partial charge < -0.3 is 20.5 Å². The summed E-state index contributed by atoms with van der Waals surface area (Å²) in [5.41, 5.74) is -4.21. The molecular formula is C39H25F3N2O6S2. The number of Topliss-reactive ketones (excluding diaryl/α,β-unsaturated/α-hetero) is 2. The van der Waals surface area contributed by atoms with Crippen molar-refractivity contribution in [3.05, 3.63) is 142 Å². The molecule has 6 aromatic rings. The molecule has 8 rings (SSSR count). The summed E-state index contributed by atoms with van der Waals surface area (Å²) >= 11 is 1.78. The Bertz CT molecular complexity index is 2360.